The van der Waals surface area contributed by atoms with Crippen molar-refractivity contribution in [2.24, 2.45) is 0 Å². The van der Waals surface area contributed by atoms with Crippen LogP contribution in [0.25, 0.3) is 66.3 Å². The minimum Gasteiger partial charge on any atom is -0.344 e. The van der Waals surface area contributed by atoms with Crippen LogP contribution in [0.2, 0.25) is 0 Å². The lowest BCUT2D eigenvalue weighted by Crippen LogP contribution is -2.32. The first-order chi connectivity index (χ1) is 58.7. The summed E-state index contributed by atoms with van der Waals surface area (Å²) in [7, 11) is 0. The zero-order valence-electron chi connectivity index (χ0n) is 66.9. The maximum atomic E-state index is 14.2. The molecule has 12 heterocycles. The number of hydrogen-bond acceptors (Lipinski definition) is 17. The van der Waals surface area contributed by atoms with Crippen LogP contribution in [0.15, 0.2) is 264 Å². The summed E-state index contributed by atoms with van der Waals surface area (Å²) < 4.78 is 9.69. The molecule has 3 amide bonds. The molecule has 24 nitrogen and oxygen atoms in total. The summed E-state index contributed by atoms with van der Waals surface area (Å²) >= 11 is 3.04. The summed E-state index contributed by atoms with van der Waals surface area (Å²) in [5, 5.41) is 27.1. The van der Waals surface area contributed by atoms with Crippen molar-refractivity contribution in [3.63, 3.8) is 0 Å². The molecule has 0 fully saturated rings. The summed E-state index contributed by atoms with van der Waals surface area (Å²) in [6.07, 6.45) is 13.6. The molecule has 0 bridgehead atoms. The number of carbonyl (C=O) groups is 3. The van der Waals surface area contributed by atoms with Gasteiger partial charge in [-0.15, -0.1) is 22.7 Å². The van der Waals surface area contributed by atoms with Gasteiger partial charge < -0.3 is 16.0 Å². The molecule has 0 radical (unpaired) electrons. The number of thiazole rings is 2. The van der Waals surface area contributed by atoms with E-state index in [1.165, 1.54) is 22.7 Å². The predicted octanol–water partition coefficient (Wildman–Crippen LogP) is 14.9. The Labute approximate surface area is 700 Å². The molecule has 18 aromatic rings. The molecule has 3 N–H and O–H groups in total. The van der Waals surface area contributed by atoms with Gasteiger partial charge in [0.15, 0.2) is 16.9 Å². The Morgan fingerprint density at radius 2 is 0.769 bits per heavy atom. The summed E-state index contributed by atoms with van der Waals surface area (Å²) in [6, 6.07) is 58.4. The highest BCUT2D eigenvalue weighted by Crippen LogP contribution is 2.30. The number of aromatic nitrogens is 15. The van der Waals surface area contributed by atoms with Crippen molar-refractivity contribution in [2.75, 3.05) is 0 Å². The van der Waals surface area contributed by atoms with Crippen molar-refractivity contribution >= 4 is 89.7 Å². The molecule has 0 spiro atoms. The van der Waals surface area contributed by atoms with Gasteiger partial charge in [-0.1, -0.05) is 115 Å². The topological polar surface area (TPSA) is 283 Å². The van der Waals surface area contributed by atoms with Gasteiger partial charge in [-0.2, -0.15) is 15.3 Å². The van der Waals surface area contributed by atoms with Crippen molar-refractivity contribution in [1.29, 1.82) is 0 Å². The molecule has 3 atom stereocenters. The number of nitrogens with one attached hydrogen (secondary N) is 3. The highest BCUT2D eigenvalue weighted by molar-refractivity contribution is 7.12. The van der Waals surface area contributed by atoms with E-state index in [2.05, 4.69) is 96.7 Å². The minimum atomic E-state index is -0.522. The number of aryl methyl sites for hydroxylation is 6. The fourth-order valence-corrected chi connectivity index (χ4v) is 15.7. The summed E-state index contributed by atoms with van der Waals surface area (Å²) in [4.78, 5) is 111. The Morgan fingerprint density at radius 1 is 0.388 bits per heavy atom. The molecule has 0 saturated heterocycles. The van der Waals surface area contributed by atoms with E-state index in [0.29, 0.717) is 123 Å². The van der Waals surface area contributed by atoms with E-state index < -0.39 is 18.1 Å². The van der Waals surface area contributed by atoms with Crippen LogP contribution in [0.3, 0.4) is 0 Å². The van der Waals surface area contributed by atoms with Gasteiger partial charge in [0.25, 0.3) is 34.4 Å². The third-order valence-corrected chi connectivity index (χ3v) is 21.9. The molecule has 0 aliphatic heterocycles. The monoisotopic (exact) mass is 1630 g/mol. The third-order valence-electron chi connectivity index (χ3n) is 20.3. The fraction of sp³-hybridized carbons (Fsp3) is 0.126. The van der Waals surface area contributed by atoms with E-state index in [-0.39, 0.29) is 34.4 Å². The van der Waals surface area contributed by atoms with Gasteiger partial charge in [0, 0.05) is 110 Å². The van der Waals surface area contributed by atoms with Gasteiger partial charge >= 0.3 is 0 Å². The van der Waals surface area contributed by atoms with Crippen molar-refractivity contribution in [2.45, 2.75) is 80.4 Å². The van der Waals surface area contributed by atoms with Crippen molar-refractivity contribution in [3.8, 4) is 52.6 Å². The Bertz CT molecular complexity index is 7520. The average molecular weight is 1630 g/mol. The number of nitrogens with zero attached hydrogens (tertiary/aromatic N) is 15. The first-order valence-corrected chi connectivity index (χ1v) is 40.3. The first kappa shape index (κ1) is 79.2. The Kier molecular flexibility index (Phi) is 22.4. The molecule has 18 rings (SSSR count). The number of hydrogen-bond donors (Lipinski definition) is 3. The largest absolute Gasteiger partial charge is 0.344 e. The second kappa shape index (κ2) is 34.2. The molecule has 12 aromatic heterocycles. The summed E-state index contributed by atoms with van der Waals surface area (Å²) in [5.74, 6) is 18.0. The number of para-hydroxylation sites is 3. The maximum absolute atomic E-state index is 14.2. The molecule has 26 heteroatoms. The van der Waals surface area contributed by atoms with Crippen LogP contribution in [0.1, 0.15) is 153 Å². The van der Waals surface area contributed by atoms with Gasteiger partial charge in [-0.25, -0.2) is 38.5 Å². The van der Waals surface area contributed by atoms with Crippen LogP contribution in [0.5, 0.6) is 0 Å². The van der Waals surface area contributed by atoms with Gasteiger partial charge in [-0.3, -0.25) is 47.5 Å². The predicted molar refractivity (Wildman–Crippen MR) is 470 cm³/mol. The number of pyridine rings is 4. The molecule has 592 valence electrons. The SMILES string of the molecule is Cc1ccc(C#Cc2cccc3cc([C@H](C)NC(=O)c4c(C)nn5cccnc45)n(-c4ccccc4)c(=O)c23)cn1.Cc1ncc(C#Cc2cccc3cc([C@H](C)NC(=O)c4c(C)nn5cccnc45)n(-c4ccccc4)c(=O)c23)s1.Cc1nn2cccnc2c1C(=O)N[C@@H](C)c1cc2cccc(C#Cc3ncsc3C)c2c(=O)n1-c1ccccc1. The molecule has 6 aromatic carbocycles. The highest BCUT2D eigenvalue weighted by Gasteiger charge is 2.28. The number of carbonyl (C=O) groups excluding carboxylic acids is 3. The van der Waals surface area contributed by atoms with E-state index in [0.717, 1.165) is 42.2 Å². The summed E-state index contributed by atoms with van der Waals surface area (Å²) in [6.45, 7) is 16.7. The lowest BCUT2D eigenvalue weighted by atomic mass is 10.0. The zero-order chi connectivity index (χ0) is 84.1. The van der Waals surface area contributed by atoms with Crippen molar-refractivity contribution in [1.82, 2.24) is 88.4 Å². The van der Waals surface area contributed by atoms with Crippen LogP contribution >= 0.6 is 22.7 Å². The molecule has 0 unspecified atom stereocenters. The number of rotatable bonds is 12. The lowest BCUT2D eigenvalue weighted by Gasteiger charge is -2.21. The standard InChI is InChI=1S/C33H26N6O2.2C31H24N6O2S/c1-21-13-14-24(20-35-21)15-16-25-9-7-10-26-19-28(39(33(41)30(25)26)27-11-5-4-6-12-27)22(2)36-32(40)29-23(3)37-38-18-8-17-34-31(29)38;1-19(34-30(38)27-20(2)35-36-16-8-15-32-29(27)36)26-17-23-10-7-9-22(13-14-25-21(3)40-18-33-25)28(23)31(39)37(26)24-11-5-4-6-12-24;1-19(34-30(38)27-20(2)35-36-16-8-15-32-29(27)36)26-17-23-10-7-9-22(13-14-25-18-33-21(3)40-25)28(23)31(39)37(26)24-11-5-4-6-12-24/h4-14,17-20,22H,1-3H3,(H,36,40);2*4-12,15-19H,1-3H3,(H,34,38)/t22-;2*19-/m000/s1. The Balaban J connectivity index is 0.000000135. The third kappa shape index (κ3) is 16.2. The molecular formula is C95H74N18O6S2. The van der Waals surface area contributed by atoms with Gasteiger partial charge in [-0.05, 0) is 193 Å². The Hall–Kier alpha value is -15.7. The minimum absolute atomic E-state index is 0.209. The zero-order valence-corrected chi connectivity index (χ0v) is 68.5. The van der Waals surface area contributed by atoms with Crippen molar-refractivity contribution < 1.29 is 14.4 Å². The number of benzene rings is 6. The second-order valence-electron chi connectivity index (χ2n) is 28.5. The molecule has 0 saturated carbocycles. The van der Waals surface area contributed by atoms with Crippen LogP contribution in [-0.4, -0.2) is 90.2 Å². The smallest absolute Gasteiger partial charge is 0.264 e. The fourth-order valence-electron chi connectivity index (χ4n) is 14.5. The number of fused-ring (bicyclic) bond motifs is 6. The van der Waals surface area contributed by atoms with Crippen LogP contribution in [-0.2, 0) is 0 Å². The van der Waals surface area contributed by atoms with Gasteiger partial charge in [0.1, 0.15) is 22.4 Å². The maximum Gasteiger partial charge on any atom is 0.264 e. The molecule has 0 aliphatic carbocycles. The van der Waals surface area contributed by atoms with Crippen LogP contribution < -0.4 is 32.6 Å². The van der Waals surface area contributed by atoms with Crippen LogP contribution in [0, 0.1) is 77.1 Å². The lowest BCUT2D eigenvalue weighted by molar-refractivity contribution is 0.0931. The summed E-state index contributed by atoms with van der Waals surface area (Å²) in [5.41, 5.74) is 13.7. The van der Waals surface area contributed by atoms with Crippen LogP contribution in [0.4, 0.5) is 0 Å². The van der Waals surface area contributed by atoms with E-state index in [1.54, 1.807) is 121 Å². The first-order valence-electron chi connectivity index (χ1n) is 38.6. The molecule has 0 aliphatic rings. The molecule has 121 heavy (non-hydrogen) atoms. The van der Waals surface area contributed by atoms with E-state index in [4.69, 9.17) is 0 Å². The quantitative estimate of drug-likeness (QED) is 0.0959. The second-order valence-corrected chi connectivity index (χ2v) is 30.8. The van der Waals surface area contributed by atoms with E-state index in [1.807, 2.05) is 217 Å². The molecular weight excluding hydrogens is 1550 g/mol. The van der Waals surface area contributed by atoms with Gasteiger partial charge in [0.2, 0.25) is 0 Å². The highest BCUT2D eigenvalue weighted by atomic mass is 32.1. The average Bonchev–Trinajstić information content (AvgIpc) is 1.18. The van der Waals surface area contributed by atoms with Gasteiger partial charge in [0.05, 0.1) is 73.0 Å². The number of amides is 3. The normalized spacial score (nSPS) is 11.7. The van der Waals surface area contributed by atoms with Crippen molar-refractivity contribution in [3.05, 3.63) is 380 Å². The Morgan fingerprint density at radius 3 is 1.12 bits per heavy atom. The van der Waals surface area contributed by atoms with E-state index >= 15 is 0 Å². The van der Waals surface area contributed by atoms with E-state index in [9.17, 15) is 28.8 Å².